The molecule has 0 saturated carbocycles. The van der Waals surface area contributed by atoms with Crippen LogP contribution < -0.4 is 0 Å². The normalized spacial score (nSPS) is 18.4. The third kappa shape index (κ3) is 19.1. The van der Waals surface area contributed by atoms with E-state index in [0.29, 0.717) is 0 Å². The summed E-state index contributed by atoms with van der Waals surface area (Å²) in [7, 11) is 4.55. The molecular weight excluding hydrogens is 396 g/mol. The predicted octanol–water partition coefficient (Wildman–Crippen LogP) is 0.734. The van der Waals surface area contributed by atoms with Crippen LogP contribution in [-0.4, -0.2) is 86.5 Å². The van der Waals surface area contributed by atoms with Crippen molar-refractivity contribution in [1.29, 1.82) is 0 Å². The van der Waals surface area contributed by atoms with Gasteiger partial charge in [-0.05, 0) is 34.6 Å². The molecular formula is C15H38O10Si2. The molecule has 0 heterocycles. The van der Waals surface area contributed by atoms with Crippen LogP contribution >= 0.6 is 0 Å². The van der Waals surface area contributed by atoms with Crippen LogP contribution in [0.1, 0.15) is 34.6 Å². The lowest BCUT2D eigenvalue weighted by molar-refractivity contribution is -0.147. The summed E-state index contributed by atoms with van der Waals surface area (Å²) in [5, 5.41) is 0. The van der Waals surface area contributed by atoms with Crippen molar-refractivity contribution < 1.29 is 45.8 Å². The SMILES string of the molecule is COC(C)O[SiH2]OC(C)OC.COC(C)O[SiH](OC(C)OC)OC(C)OC. The minimum absolute atomic E-state index is 0.175. The quantitative estimate of drug-likeness (QED) is 0.271. The van der Waals surface area contributed by atoms with Crippen molar-refractivity contribution in [3.63, 3.8) is 0 Å². The minimum Gasteiger partial charge on any atom is -0.373 e. The van der Waals surface area contributed by atoms with Gasteiger partial charge in [-0.15, -0.1) is 0 Å². The van der Waals surface area contributed by atoms with Crippen molar-refractivity contribution in [2.24, 2.45) is 0 Å². The number of methoxy groups -OCH3 is 5. The first-order valence-corrected chi connectivity index (χ1v) is 11.1. The van der Waals surface area contributed by atoms with Crippen molar-refractivity contribution in [2.75, 3.05) is 35.5 Å². The largest absolute Gasteiger partial charge is 0.490 e. The summed E-state index contributed by atoms with van der Waals surface area (Å²) in [6.07, 6.45) is -1.50. The van der Waals surface area contributed by atoms with Gasteiger partial charge in [-0.25, -0.2) is 0 Å². The molecule has 27 heavy (non-hydrogen) atoms. The molecule has 0 aliphatic heterocycles. The Balaban J connectivity index is 0. The Bertz CT molecular complexity index is 278. The number of hydrogen-bond acceptors (Lipinski definition) is 10. The molecule has 0 spiro atoms. The van der Waals surface area contributed by atoms with Crippen LogP contribution in [0, 0.1) is 0 Å². The molecule has 0 bridgehead atoms. The molecule has 0 aromatic rings. The van der Waals surface area contributed by atoms with E-state index in [9.17, 15) is 0 Å². The number of hydrogen-bond donors (Lipinski definition) is 0. The van der Waals surface area contributed by atoms with Gasteiger partial charge in [0.25, 0.3) is 0 Å². The second kappa shape index (κ2) is 19.4. The van der Waals surface area contributed by atoms with E-state index in [4.69, 9.17) is 45.8 Å². The third-order valence-corrected chi connectivity index (χ3v) is 6.20. The summed E-state index contributed by atoms with van der Waals surface area (Å²) in [5.41, 5.74) is 0. The lowest BCUT2D eigenvalue weighted by atomic mass is 10.8. The van der Waals surface area contributed by atoms with E-state index in [2.05, 4.69) is 0 Å². The van der Waals surface area contributed by atoms with Gasteiger partial charge in [0.2, 0.25) is 0 Å². The summed E-state index contributed by atoms with van der Waals surface area (Å²) in [4.78, 5) is 0. The molecule has 0 amide bonds. The van der Waals surface area contributed by atoms with Crippen molar-refractivity contribution in [1.82, 2.24) is 0 Å². The zero-order chi connectivity index (χ0) is 21.2. The monoisotopic (exact) mass is 434 g/mol. The molecule has 10 nitrogen and oxygen atoms in total. The van der Waals surface area contributed by atoms with E-state index >= 15 is 0 Å². The molecule has 0 aliphatic carbocycles. The summed E-state index contributed by atoms with van der Waals surface area (Å²) in [6, 6.07) is 0. The van der Waals surface area contributed by atoms with Crippen molar-refractivity contribution >= 4 is 19.5 Å². The van der Waals surface area contributed by atoms with Crippen LogP contribution in [0.5, 0.6) is 0 Å². The summed E-state index contributed by atoms with van der Waals surface area (Å²) in [6.45, 7) is 8.95. The molecule has 0 radical (unpaired) electrons. The maximum absolute atomic E-state index is 5.46. The lowest BCUT2D eigenvalue weighted by Gasteiger charge is -2.24. The Morgan fingerprint density at radius 3 is 0.963 bits per heavy atom. The van der Waals surface area contributed by atoms with E-state index < -0.39 is 19.5 Å². The Morgan fingerprint density at radius 2 is 0.741 bits per heavy atom. The van der Waals surface area contributed by atoms with Crippen molar-refractivity contribution in [2.45, 2.75) is 66.1 Å². The molecule has 5 unspecified atom stereocenters. The molecule has 0 rings (SSSR count). The van der Waals surface area contributed by atoms with Gasteiger partial charge >= 0.3 is 19.5 Å². The molecule has 0 aromatic carbocycles. The first kappa shape index (κ1) is 29.2. The fourth-order valence-corrected chi connectivity index (χ4v) is 3.30. The van der Waals surface area contributed by atoms with E-state index in [0.717, 1.165) is 0 Å². The molecule has 0 N–H and O–H groups in total. The van der Waals surface area contributed by atoms with Gasteiger partial charge in [-0.2, -0.15) is 0 Å². The standard InChI is InChI=1S/C9H22O6Si.C6H16O4Si/c1-7(10-4)13-16(14-8(2)11-5)15-9(3)12-6;1-5(7-3)9-11-10-6(2)8-4/h7-9,16H,1-6H3;5-6H,11H2,1-4H3. The number of ether oxygens (including phenoxy) is 5. The smallest absolute Gasteiger partial charge is 0.373 e. The summed E-state index contributed by atoms with van der Waals surface area (Å²) < 4.78 is 51.4. The molecule has 12 heteroatoms. The summed E-state index contributed by atoms with van der Waals surface area (Å²) in [5.74, 6) is 0. The van der Waals surface area contributed by atoms with Crippen LogP contribution in [0.2, 0.25) is 0 Å². The minimum atomic E-state index is -2.34. The van der Waals surface area contributed by atoms with Crippen LogP contribution in [0.15, 0.2) is 0 Å². The predicted molar refractivity (Wildman–Crippen MR) is 103 cm³/mol. The average molecular weight is 435 g/mol. The lowest BCUT2D eigenvalue weighted by Crippen LogP contribution is -2.38. The maximum atomic E-state index is 5.46. The van der Waals surface area contributed by atoms with Crippen LogP contribution in [0.3, 0.4) is 0 Å². The fraction of sp³-hybridized carbons (Fsp3) is 1.00. The second-order valence-corrected chi connectivity index (χ2v) is 7.46. The van der Waals surface area contributed by atoms with E-state index in [1.807, 2.05) is 13.8 Å². The highest BCUT2D eigenvalue weighted by Crippen LogP contribution is 2.06. The van der Waals surface area contributed by atoms with E-state index in [1.165, 1.54) is 0 Å². The highest BCUT2D eigenvalue weighted by Gasteiger charge is 2.24. The van der Waals surface area contributed by atoms with Gasteiger partial charge in [0.05, 0.1) is 0 Å². The topological polar surface area (TPSA) is 92.3 Å². The Labute approximate surface area is 167 Å². The van der Waals surface area contributed by atoms with Crippen LogP contribution in [-0.2, 0) is 45.8 Å². The zero-order valence-corrected chi connectivity index (χ0v) is 20.8. The van der Waals surface area contributed by atoms with Crippen molar-refractivity contribution in [3.8, 4) is 0 Å². The maximum Gasteiger partial charge on any atom is 0.490 e. The molecule has 5 atom stereocenters. The van der Waals surface area contributed by atoms with Gasteiger partial charge in [0, 0.05) is 35.5 Å². The van der Waals surface area contributed by atoms with Crippen LogP contribution in [0.4, 0.5) is 0 Å². The van der Waals surface area contributed by atoms with Gasteiger partial charge in [0.1, 0.15) is 31.5 Å². The highest BCUT2D eigenvalue weighted by molar-refractivity contribution is 6.36. The molecule has 166 valence electrons. The van der Waals surface area contributed by atoms with Crippen LogP contribution in [0.25, 0.3) is 0 Å². The molecule has 0 aliphatic rings. The molecule has 0 fully saturated rings. The molecule has 0 saturated heterocycles. The first-order valence-electron chi connectivity index (χ1n) is 8.57. The average Bonchev–Trinajstić information content (AvgIpc) is 2.67. The summed E-state index contributed by atoms with van der Waals surface area (Å²) >= 11 is 0. The zero-order valence-electron chi connectivity index (χ0n) is 18.3. The fourth-order valence-electron chi connectivity index (χ4n) is 1.10. The molecule has 0 aromatic heterocycles. The highest BCUT2D eigenvalue weighted by atomic mass is 28.3. The van der Waals surface area contributed by atoms with Gasteiger partial charge in [0.15, 0.2) is 0 Å². The Hall–Kier alpha value is 0.0338. The van der Waals surface area contributed by atoms with Gasteiger partial charge < -0.3 is 45.8 Å². The first-order chi connectivity index (χ1) is 12.7. The van der Waals surface area contributed by atoms with Gasteiger partial charge in [-0.1, -0.05) is 0 Å². The number of rotatable bonds is 15. The Morgan fingerprint density at radius 1 is 0.481 bits per heavy atom. The van der Waals surface area contributed by atoms with Gasteiger partial charge in [-0.3, -0.25) is 0 Å². The Kier molecular flexibility index (Phi) is 21.0. The van der Waals surface area contributed by atoms with Crippen molar-refractivity contribution in [3.05, 3.63) is 0 Å². The second-order valence-electron chi connectivity index (χ2n) is 5.16. The van der Waals surface area contributed by atoms with E-state index in [-0.39, 0.29) is 31.5 Å². The third-order valence-electron chi connectivity index (χ3n) is 3.17. The van der Waals surface area contributed by atoms with E-state index in [1.54, 1.807) is 56.3 Å².